The monoisotopic (exact) mass is 270 g/mol. The van der Waals surface area contributed by atoms with Crippen LogP contribution in [0.2, 0.25) is 0 Å². The standard InChI is InChI=1S/C13H18O6/c1-7(14)18-10-4-9-6-17-12(16)13(9,3)5-11(10)19-8(2)15/h9-11H,4-6H2,1-3H3/t9-,10+,11-,13-/m0/s1. The molecule has 1 saturated carbocycles. The molecule has 1 aliphatic carbocycles. The van der Waals surface area contributed by atoms with E-state index in [1.54, 1.807) is 0 Å². The Bertz CT molecular complexity index is 417. The van der Waals surface area contributed by atoms with E-state index in [-0.39, 0.29) is 11.9 Å². The summed E-state index contributed by atoms with van der Waals surface area (Å²) in [4.78, 5) is 34.1. The van der Waals surface area contributed by atoms with Crippen molar-refractivity contribution in [2.75, 3.05) is 6.61 Å². The van der Waals surface area contributed by atoms with E-state index >= 15 is 0 Å². The molecule has 0 radical (unpaired) electrons. The lowest BCUT2D eigenvalue weighted by Gasteiger charge is -2.40. The van der Waals surface area contributed by atoms with Gasteiger partial charge in [-0.05, 0) is 13.3 Å². The van der Waals surface area contributed by atoms with Gasteiger partial charge in [0.15, 0.2) is 0 Å². The van der Waals surface area contributed by atoms with Gasteiger partial charge < -0.3 is 14.2 Å². The molecule has 19 heavy (non-hydrogen) atoms. The first-order valence-corrected chi connectivity index (χ1v) is 6.34. The highest BCUT2D eigenvalue weighted by atomic mass is 16.6. The first-order chi connectivity index (χ1) is 8.83. The molecule has 0 unspecified atom stereocenters. The number of hydrogen-bond acceptors (Lipinski definition) is 6. The molecule has 6 heteroatoms. The van der Waals surface area contributed by atoms with Crippen molar-refractivity contribution >= 4 is 17.9 Å². The summed E-state index contributed by atoms with van der Waals surface area (Å²) in [5, 5.41) is 0. The van der Waals surface area contributed by atoms with Crippen molar-refractivity contribution in [3.8, 4) is 0 Å². The van der Waals surface area contributed by atoms with Crippen molar-refractivity contribution < 1.29 is 28.6 Å². The van der Waals surface area contributed by atoms with Crippen LogP contribution in [-0.4, -0.2) is 36.7 Å². The van der Waals surface area contributed by atoms with E-state index in [1.807, 2.05) is 6.92 Å². The molecule has 0 aromatic carbocycles. The quantitative estimate of drug-likeness (QED) is 0.546. The van der Waals surface area contributed by atoms with E-state index in [0.29, 0.717) is 19.4 Å². The number of cyclic esters (lactones) is 1. The molecule has 4 atom stereocenters. The van der Waals surface area contributed by atoms with Gasteiger partial charge in [-0.3, -0.25) is 14.4 Å². The molecule has 2 aliphatic rings. The first-order valence-electron chi connectivity index (χ1n) is 6.34. The van der Waals surface area contributed by atoms with Crippen molar-refractivity contribution in [2.45, 2.75) is 45.8 Å². The number of carbonyl (C=O) groups is 3. The molecule has 0 aromatic heterocycles. The van der Waals surface area contributed by atoms with E-state index < -0.39 is 29.6 Å². The Morgan fingerprint density at radius 3 is 2.37 bits per heavy atom. The molecule has 0 bridgehead atoms. The maximum atomic E-state index is 11.8. The highest BCUT2D eigenvalue weighted by Gasteiger charge is 2.56. The Hall–Kier alpha value is -1.59. The highest BCUT2D eigenvalue weighted by Crippen LogP contribution is 2.47. The molecule has 2 rings (SSSR count). The number of ether oxygens (including phenoxy) is 3. The lowest BCUT2D eigenvalue weighted by Crippen LogP contribution is -2.49. The van der Waals surface area contributed by atoms with Gasteiger partial charge in [0, 0.05) is 26.2 Å². The fourth-order valence-corrected chi connectivity index (χ4v) is 2.92. The fraction of sp³-hybridized carbons (Fsp3) is 0.769. The normalized spacial score (nSPS) is 37.2. The summed E-state index contributed by atoms with van der Waals surface area (Å²) in [6.45, 7) is 4.76. The Morgan fingerprint density at radius 2 is 1.79 bits per heavy atom. The van der Waals surface area contributed by atoms with Crippen molar-refractivity contribution in [3.05, 3.63) is 0 Å². The van der Waals surface area contributed by atoms with E-state index in [4.69, 9.17) is 14.2 Å². The van der Waals surface area contributed by atoms with Crippen LogP contribution in [-0.2, 0) is 28.6 Å². The summed E-state index contributed by atoms with van der Waals surface area (Å²) in [5.74, 6) is -1.14. The van der Waals surface area contributed by atoms with Gasteiger partial charge in [0.05, 0.1) is 12.0 Å². The summed E-state index contributed by atoms with van der Waals surface area (Å²) < 4.78 is 15.5. The lowest BCUT2D eigenvalue weighted by atomic mass is 9.67. The number of esters is 3. The zero-order valence-corrected chi connectivity index (χ0v) is 11.3. The summed E-state index contributed by atoms with van der Waals surface area (Å²) in [7, 11) is 0. The summed E-state index contributed by atoms with van der Waals surface area (Å²) in [6, 6.07) is 0. The molecule has 1 aliphatic heterocycles. The molecule has 2 fully saturated rings. The van der Waals surface area contributed by atoms with E-state index in [0.717, 1.165) is 0 Å². The van der Waals surface area contributed by atoms with Gasteiger partial charge in [-0.1, -0.05) is 0 Å². The Kier molecular flexibility index (Phi) is 3.52. The van der Waals surface area contributed by atoms with Crippen LogP contribution in [0.4, 0.5) is 0 Å². The zero-order chi connectivity index (χ0) is 14.2. The molecule has 0 amide bonds. The molecular formula is C13H18O6. The van der Waals surface area contributed by atoms with Gasteiger partial charge in [0.1, 0.15) is 12.2 Å². The van der Waals surface area contributed by atoms with Crippen LogP contribution in [0.3, 0.4) is 0 Å². The Balaban J connectivity index is 2.18. The van der Waals surface area contributed by atoms with Crippen molar-refractivity contribution in [3.63, 3.8) is 0 Å². The zero-order valence-electron chi connectivity index (χ0n) is 11.3. The molecule has 0 aromatic rings. The minimum atomic E-state index is -0.656. The third-order valence-corrected chi connectivity index (χ3v) is 3.97. The number of fused-ring (bicyclic) bond motifs is 1. The van der Waals surface area contributed by atoms with E-state index in [2.05, 4.69) is 0 Å². The van der Waals surface area contributed by atoms with Crippen molar-refractivity contribution in [2.24, 2.45) is 11.3 Å². The fourth-order valence-electron chi connectivity index (χ4n) is 2.92. The first kappa shape index (κ1) is 13.8. The van der Waals surface area contributed by atoms with Gasteiger partial charge in [-0.25, -0.2) is 0 Å². The van der Waals surface area contributed by atoms with Crippen LogP contribution in [0.5, 0.6) is 0 Å². The maximum Gasteiger partial charge on any atom is 0.312 e. The summed E-state index contributed by atoms with van der Waals surface area (Å²) >= 11 is 0. The second-order valence-electron chi connectivity index (χ2n) is 5.45. The molecule has 1 heterocycles. The third kappa shape index (κ3) is 2.57. The summed E-state index contributed by atoms with van der Waals surface area (Å²) in [5.41, 5.74) is -0.656. The average molecular weight is 270 g/mol. The smallest absolute Gasteiger partial charge is 0.312 e. The number of hydrogen-bond donors (Lipinski definition) is 0. The minimum absolute atomic E-state index is 0.00356. The predicted octanol–water partition coefficient (Wildman–Crippen LogP) is 0.823. The number of rotatable bonds is 2. The average Bonchev–Trinajstić information content (AvgIpc) is 2.55. The molecule has 0 N–H and O–H groups in total. The van der Waals surface area contributed by atoms with Crippen LogP contribution in [0, 0.1) is 11.3 Å². The Labute approximate surface area is 111 Å². The van der Waals surface area contributed by atoms with Crippen LogP contribution in [0.1, 0.15) is 33.6 Å². The largest absolute Gasteiger partial charge is 0.465 e. The van der Waals surface area contributed by atoms with Gasteiger partial charge in [-0.15, -0.1) is 0 Å². The van der Waals surface area contributed by atoms with Crippen molar-refractivity contribution in [1.29, 1.82) is 0 Å². The maximum absolute atomic E-state index is 11.8. The van der Waals surface area contributed by atoms with Crippen LogP contribution in [0.25, 0.3) is 0 Å². The third-order valence-electron chi connectivity index (χ3n) is 3.97. The minimum Gasteiger partial charge on any atom is -0.465 e. The van der Waals surface area contributed by atoms with Gasteiger partial charge in [-0.2, -0.15) is 0 Å². The second kappa shape index (κ2) is 4.83. The highest BCUT2D eigenvalue weighted by molar-refractivity contribution is 5.79. The summed E-state index contributed by atoms with van der Waals surface area (Å²) in [6.07, 6.45) is -0.296. The van der Waals surface area contributed by atoms with E-state index in [9.17, 15) is 14.4 Å². The van der Waals surface area contributed by atoms with Crippen molar-refractivity contribution in [1.82, 2.24) is 0 Å². The van der Waals surface area contributed by atoms with Gasteiger partial charge in [0.2, 0.25) is 0 Å². The SMILES string of the molecule is CC(=O)O[C@H]1C[C@]2(C)C(=O)OC[C@@H]2C[C@H]1OC(C)=O. The van der Waals surface area contributed by atoms with E-state index in [1.165, 1.54) is 13.8 Å². The molecule has 0 spiro atoms. The molecule has 6 nitrogen and oxygen atoms in total. The molecular weight excluding hydrogens is 252 g/mol. The molecule has 106 valence electrons. The van der Waals surface area contributed by atoms with Crippen LogP contribution >= 0.6 is 0 Å². The van der Waals surface area contributed by atoms with Crippen LogP contribution < -0.4 is 0 Å². The topological polar surface area (TPSA) is 78.9 Å². The predicted molar refractivity (Wildman–Crippen MR) is 62.9 cm³/mol. The molecule has 1 saturated heterocycles. The van der Waals surface area contributed by atoms with Crippen LogP contribution in [0.15, 0.2) is 0 Å². The number of carbonyl (C=O) groups excluding carboxylic acids is 3. The second-order valence-corrected chi connectivity index (χ2v) is 5.45. The Morgan fingerprint density at radius 1 is 1.21 bits per heavy atom. The van der Waals surface area contributed by atoms with Gasteiger partial charge >= 0.3 is 17.9 Å². The van der Waals surface area contributed by atoms with Gasteiger partial charge in [0.25, 0.3) is 0 Å². The lowest BCUT2D eigenvalue weighted by molar-refractivity contribution is -0.178.